The maximum Gasteiger partial charge on any atom is 0.0861 e. The topological polar surface area (TPSA) is 80.3 Å². The lowest BCUT2D eigenvalue weighted by Gasteiger charge is -2.45. The normalized spacial score (nSPS) is 12.9. The second-order valence-electron chi connectivity index (χ2n) is 23.9. The van der Waals surface area contributed by atoms with E-state index in [1.807, 2.05) is 0 Å². The molecule has 0 aliphatic heterocycles. The van der Waals surface area contributed by atoms with Crippen molar-refractivity contribution in [2.75, 3.05) is 39.3 Å². The summed E-state index contributed by atoms with van der Waals surface area (Å²) < 4.78 is 37.0. The lowest BCUT2D eigenvalue weighted by molar-refractivity contribution is -0.950. The van der Waals surface area contributed by atoms with Crippen LogP contribution in [0, 0.1) is 0 Å². The van der Waals surface area contributed by atoms with E-state index in [-0.39, 0.29) is 0 Å². The first-order valence-corrected chi connectivity index (χ1v) is 35.0. The Morgan fingerprint density at radius 1 is 0.247 bits per heavy atom. The van der Waals surface area contributed by atoms with Crippen LogP contribution < -0.4 is 0 Å². The molecule has 0 spiro atoms. The fourth-order valence-electron chi connectivity index (χ4n) is 11.9. The van der Waals surface area contributed by atoms with E-state index in [4.69, 9.17) is 17.5 Å². The lowest BCUT2D eigenvalue weighted by Crippen LogP contribution is -2.56. The van der Waals surface area contributed by atoms with Crippen molar-refractivity contribution in [3.63, 3.8) is 0 Å². The summed E-state index contributed by atoms with van der Waals surface area (Å²) in [7, 11) is -5.17. The Bertz CT molecular complexity index is 972. The molecule has 2 unspecified atom stereocenters. The first-order valence-electron chi connectivity index (χ1n) is 33.7. The highest BCUT2D eigenvalue weighted by Crippen LogP contribution is 2.28. The summed E-state index contributed by atoms with van der Waals surface area (Å²) in [6, 6.07) is 1.73. The van der Waals surface area contributed by atoms with Gasteiger partial charge in [0.2, 0.25) is 0 Å². The highest BCUT2D eigenvalue weighted by Gasteiger charge is 2.33. The number of rotatable bonds is 56. The molecular weight excluding hydrogens is 917 g/mol. The Hall–Kier alpha value is -0.210. The highest BCUT2D eigenvalue weighted by atomic mass is 32.3. The van der Waals surface area contributed by atoms with Gasteiger partial charge in [-0.25, -0.2) is 0 Å². The molecule has 2 atom stereocenters. The van der Waals surface area contributed by atoms with Crippen LogP contribution in [-0.2, 0) is 10.4 Å². The number of nitrogens with zero attached hydrogens (tertiary/aromatic N) is 2. The fourth-order valence-corrected chi connectivity index (χ4v) is 11.9. The Morgan fingerprint density at radius 3 is 0.521 bits per heavy atom. The molecule has 7 heteroatoms. The van der Waals surface area contributed by atoms with Crippen LogP contribution in [0.5, 0.6) is 0 Å². The van der Waals surface area contributed by atoms with Gasteiger partial charge in [0.05, 0.1) is 51.4 Å². The summed E-state index contributed by atoms with van der Waals surface area (Å²) >= 11 is 0. The van der Waals surface area contributed by atoms with E-state index < -0.39 is 10.4 Å². The molecule has 0 aliphatic carbocycles. The highest BCUT2D eigenvalue weighted by molar-refractivity contribution is 7.79. The molecule has 0 aromatic rings. The summed E-state index contributed by atoms with van der Waals surface area (Å²) in [5, 5.41) is 0. The molecule has 0 aromatic carbocycles. The molecule has 0 heterocycles. The van der Waals surface area contributed by atoms with Gasteiger partial charge in [-0.1, -0.05) is 261 Å². The van der Waals surface area contributed by atoms with Crippen molar-refractivity contribution in [3.05, 3.63) is 0 Å². The minimum absolute atomic E-state index is 0.864. The van der Waals surface area contributed by atoms with Gasteiger partial charge in [0.15, 0.2) is 0 Å². The molecule has 0 aromatic heterocycles. The van der Waals surface area contributed by atoms with Gasteiger partial charge in [-0.3, -0.25) is 8.42 Å². The summed E-state index contributed by atoms with van der Waals surface area (Å²) in [5.74, 6) is 0. The maximum absolute atomic E-state index is 8.52. The molecule has 0 N–H and O–H groups in total. The second-order valence-corrected chi connectivity index (χ2v) is 24.7. The van der Waals surface area contributed by atoms with Gasteiger partial charge in [-0.2, -0.15) is 0 Å². The summed E-state index contributed by atoms with van der Waals surface area (Å²) in [4.78, 5) is 0. The third-order valence-electron chi connectivity index (χ3n) is 17.1. The average molecular weight is 1060 g/mol. The van der Waals surface area contributed by atoms with E-state index >= 15 is 0 Å². The van der Waals surface area contributed by atoms with Crippen molar-refractivity contribution in [1.29, 1.82) is 0 Å². The first kappa shape index (κ1) is 77.0. The van der Waals surface area contributed by atoms with Crippen LogP contribution in [0.15, 0.2) is 0 Å². The predicted molar refractivity (Wildman–Crippen MR) is 326 cm³/mol. The number of unbranched alkanes of at least 4 members (excludes halogenated alkanes) is 38. The van der Waals surface area contributed by atoms with Crippen molar-refractivity contribution in [2.24, 2.45) is 0 Å². The zero-order chi connectivity index (χ0) is 54.8. The Morgan fingerprint density at radius 2 is 0.370 bits per heavy atom. The number of hydrogen-bond acceptors (Lipinski definition) is 4. The number of quaternary nitrogens is 2. The maximum atomic E-state index is 8.52. The lowest BCUT2D eigenvalue weighted by atomic mass is 9.99. The van der Waals surface area contributed by atoms with Crippen molar-refractivity contribution in [2.45, 2.75) is 390 Å². The van der Waals surface area contributed by atoms with Gasteiger partial charge >= 0.3 is 0 Å². The smallest absolute Gasteiger partial charge is 0.0861 e. The molecule has 0 bridgehead atoms. The average Bonchev–Trinajstić information content (AvgIpc) is 3.36. The van der Waals surface area contributed by atoms with E-state index in [0.717, 1.165) is 12.1 Å². The van der Waals surface area contributed by atoms with Gasteiger partial charge in [0, 0.05) is 10.4 Å². The van der Waals surface area contributed by atoms with Gasteiger partial charge in [-0.15, -0.1) is 0 Å². The van der Waals surface area contributed by atoms with Crippen LogP contribution >= 0.6 is 0 Å². The largest absolute Gasteiger partial charge is 0.759 e. The van der Waals surface area contributed by atoms with E-state index in [1.54, 1.807) is 0 Å². The van der Waals surface area contributed by atoms with Crippen molar-refractivity contribution in [1.82, 2.24) is 0 Å². The minimum Gasteiger partial charge on any atom is -0.759 e. The van der Waals surface area contributed by atoms with E-state index in [9.17, 15) is 0 Å². The molecule has 0 fully saturated rings. The van der Waals surface area contributed by atoms with Crippen LogP contribution in [0.25, 0.3) is 0 Å². The van der Waals surface area contributed by atoms with Crippen molar-refractivity contribution in [3.8, 4) is 0 Å². The van der Waals surface area contributed by atoms with E-state index in [0.29, 0.717) is 0 Å². The van der Waals surface area contributed by atoms with Crippen LogP contribution in [0.3, 0.4) is 0 Å². The van der Waals surface area contributed by atoms with Crippen molar-refractivity contribution < 1.29 is 26.5 Å². The summed E-state index contributed by atoms with van der Waals surface area (Å²) in [5.41, 5.74) is 0. The molecule has 0 saturated heterocycles. The monoisotopic (exact) mass is 1060 g/mol. The van der Waals surface area contributed by atoms with Crippen LogP contribution in [0.4, 0.5) is 0 Å². The predicted octanol–water partition coefficient (Wildman–Crippen LogP) is 21.9. The van der Waals surface area contributed by atoms with Gasteiger partial charge < -0.3 is 18.1 Å². The molecule has 0 radical (unpaired) electrons. The van der Waals surface area contributed by atoms with Gasteiger partial charge in [-0.05, 0) is 117 Å². The molecule has 6 nitrogen and oxygen atoms in total. The second kappa shape index (κ2) is 59.5. The number of hydrogen-bond donors (Lipinski definition) is 0. The van der Waals surface area contributed by atoms with E-state index in [1.165, 1.54) is 356 Å². The molecule has 0 saturated carbocycles. The van der Waals surface area contributed by atoms with E-state index in [2.05, 4.69) is 69.2 Å². The standard InChI is InChI=1S/2C33H70N.H2O4S/c2*1-6-10-14-18-22-26-30-34(31-27-23-19-15-11-7-2,32-28-24-20-16-12-8-3)33(5)29-25-21-17-13-9-4;1-5(2,3)4/h2*33H,6-32H2,1-5H3;(H2,1,2,3,4)/q2*+1;/p-2. The molecule has 444 valence electrons. The summed E-state index contributed by atoms with van der Waals surface area (Å²) in [6.07, 6.45) is 69.2. The Balaban J connectivity index is -0.00000123. The molecule has 0 rings (SSSR count). The summed E-state index contributed by atoms with van der Waals surface area (Å²) in [6.45, 7) is 32.8. The molecule has 73 heavy (non-hydrogen) atoms. The van der Waals surface area contributed by atoms with Crippen LogP contribution in [0.1, 0.15) is 377 Å². The Kier molecular flexibility index (Phi) is 62.7. The first-order chi connectivity index (χ1) is 35.3. The SMILES string of the molecule is CCCCCCCC[N+](CCCCCCCC)(CCCCCCCC)C(C)CCCCCCC.CCCCCCCC[N+](CCCCCCCC)(CCCCCCCC)C(C)CCCCCCC.O=S(=O)([O-])[O-]. The molecule has 0 amide bonds. The Labute approximate surface area is 463 Å². The van der Waals surface area contributed by atoms with Crippen LogP contribution in [-0.4, -0.2) is 77.8 Å². The zero-order valence-corrected chi connectivity index (χ0v) is 53.1. The quantitative estimate of drug-likeness (QED) is 0.0263. The fraction of sp³-hybridized carbons (Fsp3) is 1.00. The minimum atomic E-state index is -5.17. The third-order valence-corrected chi connectivity index (χ3v) is 17.1. The van der Waals surface area contributed by atoms with Crippen LogP contribution in [0.2, 0.25) is 0 Å². The molecular formula is C66H140N2O4S. The molecule has 0 aliphatic rings. The van der Waals surface area contributed by atoms with Gasteiger partial charge in [0.1, 0.15) is 0 Å². The zero-order valence-electron chi connectivity index (χ0n) is 52.3. The van der Waals surface area contributed by atoms with Crippen molar-refractivity contribution >= 4 is 10.4 Å². The van der Waals surface area contributed by atoms with Gasteiger partial charge in [0.25, 0.3) is 0 Å². The third kappa shape index (κ3) is 54.9.